The van der Waals surface area contributed by atoms with Gasteiger partial charge in [-0.2, -0.15) is 0 Å². The number of ether oxygens (including phenoxy) is 1. The summed E-state index contributed by atoms with van der Waals surface area (Å²) in [7, 11) is 0. The lowest BCUT2D eigenvalue weighted by Crippen LogP contribution is -2.35. The molecule has 3 heterocycles. The summed E-state index contributed by atoms with van der Waals surface area (Å²) >= 11 is 6.34. The number of fused-ring (bicyclic) bond motifs is 1. The van der Waals surface area contributed by atoms with Crippen LogP contribution in [0.1, 0.15) is 23.2 Å². The summed E-state index contributed by atoms with van der Waals surface area (Å²) in [5.41, 5.74) is -0.450. The topological polar surface area (TPSA) is 105 Å². The molecule has 1 aliphatic rings. The third-order valence-corrected chi connectivity index (χ3v) is 6.54. The zero-order chi connectivity index (χ0) is 25.4. The van der Waals surface area contributed by atoms with E-state index in [1.54, 1.807) is 18.3 Å². The molecule has 2 aromatic carbocycles. The summed E-state index contributed by atoms with van der Waals surface area (Å²) in [5.74, 6) is -1.69. The zero-order valence-electron chi connectivity index (χ0n) is 18.9. The number of hydrogen-bond donors (Lipinski definition) is 2. The molecule has 4 aromatic rings. The van der Waals surface area contributed by atoms with Gasteiger partial charge in [0.25, 0.3) is 0 Å². The van der Waals surface area contributed by atoms with Crippen LogP contribution in [0.2, 0.25) is 5.02 Å². The highest BCUT2D eigenvalue weighted by Crippen LogP contribution is 2.34. The van der Waals surface area contributed by atoms with E-state index in [9.17, 15) is 19.8 Å². The van der Waals surface area contributed by atoms with Crippen molar-refractivity contribution in [1.29, 1.82) is 0 Å². The van der Waals surface area contributed by atoms with Crippen molar-refractivity contribution in [2.75, 3.05) is 18.1 Å². The largest absolute Gasteiger partial charge is 0.508 e. The SMILES string of the molecule is O=C(O)c1cn(-c2ccc(O)cc2Cl)c2cc(N3CCC[C@@H]3COc3ccccn3)c(F)cc2c1=O. The Kier molecular flexibility index (Phi) is 6.24. The Balaban J connectivity index is 1.63. The van der Waals surface area contributed by atoms with Gasteiger partial charge in [-0.25, -0.2) is 14.2 Å². The van der Waals surface area contributed by atoms with Gasteiger partial charge in [0, 0.05) is 36.5 Å². The molecule has 36 heavy (non-hydrogen) atoms. The molecule has 184 valence electrons. The van der Waals surface area contributed by atoms with Crippen LogP contribution in [0.25, 0.3) is 16.6 Å². The van der Waals surface area contributed by atoms with Gasteiger partial charge in [-0.05, 0) is 43.2 Å². The van der Waals surface area contributed by atoms with Crippen LogP contribution in [0, 0.1) is 5.82 Å². The number of aromatic nitrogens is 2. The first-order chi connectivity index (χ1) is 17.3. The maximum atomic E-state index is 15.4. The van der Waals surface area contributed by atoms with Gasteiger partial charge in [0.15, 0.2) is 0 Å². The number of nitrogens with zero attached hydrogens (tertiary/aromatic N) is 3. The first kappa shape index (κ1) is 23.6. The second kappa shape index (κ2) is 9.50. The van der Waals surface area contributed by atoms with E-state index in [-0.39, 0.29) is 33.4 Å². The molecular formula is C26H21ClFN3O5. The van der Waals surface area contributed by atoms with Crippen molar-refractivity contribution >= 4 is 34.2 Å². The molecule has 1 saturated heterocycles. The molecule has 0 amide bonds. The molecule has 2 aromatic heterocycles. The number of pyridine rings is 2. The van der Waals surface area contributed by atoms with Gasteiger partial charge < -0.3 is 24.4 Å². The molecule has 8 nitrogen and oxygen atoms in total. The number of halogens is 2. The smallest absolute Gasteiger partial charge is 0.341 e. The van der Waals surface area contributed by atoms with E-state index >= 15 is 4.39 Å². The number of anilines is 1. The Morgan fingerprint density at radius 2 is 2.03 bits per heavy atom. The van der Waals surface area contributed by atoms with Gasteiger partial charge in [-0.3, -0.25) is 4.79 Å². The normalized spacial score (nSPS) is 15.4. The first-order valence-electron chi connectivity index (χ1n) is 11.2. The Hall–Kier alpha value is -4.11. The van der Waals surface area contributed by atoms with E-state index < -0.39 is 22.8 Å². The molecule has 5 rings (SSSR count). The van der Waals surface area contributed by atoms with Crippen LogP contribution in [0.15, 0.2) is 65.7 Å². The number of hydrogen-bond acceptors (Lipinski definition) is 6. The lowest BCUT2D eigenvalue weighted by Gasteiger charge is -2.28. The highest BCUT2D eigenvalue weighted by Gasteiger charge is 2.29. The van der Waals surface area contributed by atoms with Gasteiger partial charge in [-0.15, -0.1) is 0 Å². The van der Waals surface area contributed by atoms with E-state index in [1.165, 1.54) is 35.0 Å². The number of phenolic OH excluding ortho intramolecular Hbond substituents is 1. The lowest BCUT2D eigenvalue weighted by molar-refractivity contribution is 0.0695. The number of rotatable bonds is 6. The molecule has 0 radical (unpaired) electrons. The predicted molar refractivity (Wildman–Crippen MR) is 133 cm³/mol. The second-order valence-electron chi connectivity index (χ2n) is 8.47. The molecule has 1 atom stereocenters. The molecule has 0 spiro atoms. The van der Waals surface area contributed by atoms with Crippen molar-refractivity contribution in [1.82, 2.24) is 9.55 Å². The highest BCUT2D eigenvalue weighted by atomic mass is 35.5. The number of phenols is 1. The minimum Gasteiger partial charge on any atom is -0.508 e. The third kappa shape index (κ3) is 4.33. The van der Waals surface area contributed by atoms with Crippen molar-refractivity contribution in [2.24, 2.45) is 0 Å². The number of carboxylic acid groups (broad SMARTS) is 1. The molecule has 0 bridgehead atoms. The van der Waals surface area contributed by atoms with Crippen molar-refractivity contribution in [3.8, 4) is 17.3 Å². The van der Waals surface area contributed by atoms with Crippen LogP contribution in [0.5, 0.6) is 11.6 Å². The number of aromatic carboxylic acids is 1. The summed E-state index contributed by atoms with van der Waals surface area (Å²) in [6.45, 7) is 0.874. The van der Waals surface area contributed by atoms with E-state index in [2.05, 4.69) is 4.98 Å². The Bertz CT molecular complexity index is 1530. The molecule has 0 aliphatic carbocycles. The van der Waals surface area contributed by atoms with Crippen molar-refractivity contribution in [3.63, 3.8) is 0 Å². The second-order valence-corrected chi connectivity index (χ2v) is 8.88. The predicted octanol–water partition coefficient (Wildman–Crippen LogP) is 4.63. The average molecular weight is 510 g/mol. The molecule has 2 N–H and O–H groups in total. The Labute approximate surface area is 209 Å². The summed E-state index contributed by atoms with van der Waals surface area (Å²) < 4.78 is 22.7. The number of carbonyl (C=O) groups is 1. The lowest BCUT2D eigenvalue weighted by atomic mass is 10.1. The van der Waals surface area contributed by atoms with Crippen molar-refractivity contribution in [2.45, 2.75) is 18.9 Å². The fraction of sp³-hybridized carbons (Fsp3) is 0.192. The minimum absolute atomic E-state index is 0.0768. The zero-order valence-corrected chi connectivity index (χ0v) is 19.7. The summed E-state index contributed by atoms with van der Waals surface area (Å²) in [6, 6.07) is 12.0. The number of benzene rings is 2. The first-order valence-corrected chi connectivity index (χ1v) is 11.6. The van der Waals surface area contributed by atoms with E-state index in [1.807, 2.05) is 11.0 Å². The van der Waals surface area contributed by atoms with Gasteiger partial charge >= 0.3 is 5.97 Å². The summed E-state index contributed by atoms with van der Waals surface area (Å²) in [4.78, 5) is 30.7. The third-order valence-electron chi connectivity index (χ3n) is 6.24. The quantitative estimate of drug-likeness (QED) is 0.390. The van der Waals surface area contributed by atoms with Gasteiger partial charge in [0.1, 0.15) is 23.7 Å². The van der Waals surface area contributed by atoms with Crippen LogP contribution in [0.4, 0.5) is 10.1 Å². The minimum atomic E-state index is -1.44. The fourth-order valence-electron chi connectivity index (χ4n) is 4.54. The van der Waals surface area contributed by atoms with Crippen LogP contribution in [0.3, 0.4) is 0 Å². The summed E-state index contributed by atoms with van der Waals surface area (Å²) in [6.07, 6.45) is 4.39. The number of aromatic hydroxyl groups is 1. The molecule has 10 heteroatoms. The van der Waals surface area contributed by atoms with Crippen LogP contribution in [-0.4, -0.2) is 44.9 Å². The van der Waals surface area contributed by atoms with E-state index in [0.29, 0.717) is 24.7 Å². The van der Waals surface area contributed by atoms with Gasteiger partial charge in [0.2, 0.25) is 11.3 Å². The summed E-state index contributed by atoms with van der Waals surface area (Å²) in [5, 5.41) is 19.4. The monoisotopic (exact) mass is 509 g/mol. The van der Waals surface area contributed by atoms with Gasteiger partial charge in [-0.1, -0.05) is 17.7 Å². The van der Waals surface area contributed by atoms with Crippen molar-refractivity contribution < 1.29 is 24.1 Å². The van der Waals surface area contributed by atoms with E-state index in [4.69, 9.17) is 16.3 Å². The van der Waals surface area contributed by atoms with Crippen LogP contribution >= 0.6 is 11.6 Å². The average Bonchev–Trinajstić information content (AvgIpc) is 3.32. The van der Waals surface area contributed by atoms with Crippen LogP contribution in [-0.2, 0) is 0 Å². The number of carboxylic acids is 1. The maximum absolute atomic E-state index is 15.4. The fourth-order valence-corrected chi connectivity index (χ4v) is 4.80. The molecule has 1 fully saturated rings. The Morgan fingerprint density at radius 1 is 1.19 bits per heavy atom. The standard InChI is InChI=1S/C26H21ClFN3O5/c27-19-10-16(32)6-7-21(19)31-13-18(26(34)35)25(33)17-11-20(28)23(12-22(17)31)30-9-3-4-15(30)14-36-24-5-1-2-8-29-24/h1-2,5-8,10-13,15,32H,3-4,9,14H2,(H,34,35)/t15-/m1/s1. The molecule has 1 aliphatic heterocycles. The van der Waals surface area contributed by atoms with Gasteiger partial charge in [0.05, 0.1) is 28.0 Å². The van der Waals surface area contributed by atoms with E-state index in [0.717, 1.165) is 18.9 Å². The van der Waals surface area contributed by atoms with Crippen molar-refractivity contribution in [3.05, 3.63) is 87.6 Å². The maximum Gasteiger partial charge on any atom is 0.341 e. The highest BCUT2D eigenvalue weighted by molar-refractivity contribution is 6.32. The molecular weight excluding hydrogens is 489 g/mol. The molecule has 0 saturated carbocycles. The van der Waals surface area contributed by atoms with Crippen LogP contribution < -0.4 is 15.1 Å². The Morgan fingerprint density at radius 3 is 2.75 bits per heavy atom. The molecule has 0 unspecified atom stereocenters.